The third-order valence-electron chi connectivity index (χ3n) is 6.10. The van der Waals surface area contributed by atoms with E-state index < -0.39 is 16.0 Å². The monoisotopic (exact) mass is 491 g/mol. The van der Waals surface area contributed by atoms with Gasteiger partial charge in [-0.25, -0.2) is 12.4 Å². The van der Waals surface area contributed by atoms with Gasteiger partial charge in [-0.3, -0.25) is 9.78 Å². The first kappa shape index (κ1) is 23.1. The van der Waals surface area contributed by atoms with Gasteiger partial charge in [0.05, 0.1) is 22.9 Å². The number of ether oxygens (including phenoxy) is 1. The van der Waals surface area contributed by atoms with Gasteiger partial charge in [-0.15, -0.1) is 0 Å². The standard InChI is InChI=1S/C26H25N3O5S/c27-15-20-13-18(7-9-28-20)23-11-17(16-34-25-4-2-1-3-19(25)14-26(30)31)12-24-22(23)8-10-29(24)35(32,33)21-5-6-21/h1-4,7-13,21H,5-6,14-16,27H2,(H,30,31). The molecule has 2 aromatic carbocycles. The third kappa shape index (κ3) is 4.65. The molecule has 1 saturated carbocycles. The van der Waals surface area contributed by atoms with Crippen molar-refractivity contribution in [3.8, 4) is 16.9 Å². The number of aromatic nitrogens is 2. The minimum absolute atomic E-state index is 0.142. The SMILES string of the molecule is NCc1cc(-c2cc(COc3ccccc3CC(=O)O)cc3c2ccn3S(=O)(=O)C2CC2)ccn1. The van der Waals surface area contributed by atoms with Gasteiger partial charge in [-0.05, 0) is 65.9 Å². The van der Waals surface area contributed by atoms with Gasteiger partial charge >= 0.3 is 5.97 Å². The van der Waals surface area contributed by atoms with Gasteiger partial charge in [0.25, 0.3) is 0 Å². The van der Waals surface area contributed by atoms with Crippen LogP contribution in [0.3, 0.4) is 0 Å². The molecule has 3 N–H and O–H groups in total. The number of benzene rings is 2. The van der Waals surface area contributed by atoms with Crippen molar-refractivity contribution in [2.24, 2.45) is 5.73 Å². The topological polar surface area (TPSA) is 125 Å². The maximum Gasteiger partial charge on any atom is 0.307 e. The molecule has 0 aliphatic heterocycles. The highest BCUT2D eigenvalue weighted by atomic mass is 32.2. The van der Waals surface area contributed by atoms with Gasteiger partial charge in [-0.2, -0.15) is 0 Å². The van der Waals surface area contributed by atoms with Gasteiger partial charge in [0, 0.05) is 29.9 Å². The smallest absolute Gasteiger partial charge is 0.307 e. The summed E-state index contributed by atoms with van der Waals surface area (Å²) in [5.74, 6) is -0.465. The minimum Gasteiger partial charge on any atom is -0.489 e. The van der Waals surface area contributed by atoms with Crippen LogP contribution in [0.4, 0.5) is 0 Å². The molecule has 0 spiro atoms. The largest absolute Gasteiger partial charge is 0.489 e. The van der Waals surface area contributed by atoms with E-state index in [0.29, 0.717) is 29.7 Å². The maximum absolute atomic E-state index is 13.1. The second-order valence-corrected chi connectivity index (χ2v) is 10.7. The lowest BCUT2D eigenvalue weighted by Gasteiger charge is -2.14. The number of para-hydroxylation sites is 1. The summed E-state index contributed by atoms with van der Waals surface area (Å²) in [6.07, 6.45) is 4.48. The van der Waals surface area contributed by atoms with Crippen molar-refractivity contribution in [3.05, 3.63) is 83.8 Å². The van der Waals surface area contributed by atoms with Gasteiger partial charge in [-0.1, -0.05) is 18.2 Å². The first-order valence-electron chi connectivity index (χ1n) is 11.3. The Morgan fingerprint density at radius 2 is 1.94 bits per heavy atom. The Labute approximate surface area is 203 Å². The highest BCUT2D eigenvalue weighted by Crippen LogP contribution is 2.36. The molecule has 1 aliphatic rings. The van der Waals surface area contributed by atoms with Crippen LogP contribution in [-0.2, 0) is 34.4 Å². The van der Waals surface area contributed by atoms with E-state index in [2.05, 4.69) is 4.98 Å². The van der Waals surface area contributed by atoms with E-state index in [9.17, 15) is 18.3 Å². The van der Waals surface area contributed by atoms with Crippen LogP contribution in [0.1, 0.15) is 29.7 Å². The number of pyridine rings is 1. The molecule has 0 saturated heterocycles. The molecule has 1 aliphatic carbocycles. The average Bonchev–Trinajstić information content (AvgIpc) is 3.63. The molecule has 0 amide bonds. The summed E-state index contributed by atoms with van der Waals surface area (Å²) in [4.78, 5) is 15.5. The molecule has 0 unspecified atom stereocenters. The fourth-order valence-corrected chi connectivity index (χ4v) is 5.93. The van der Waals surface area contributed by atoms with E-state index >= 15 is 0 Å². The van der Waals surface area contributed by atoms with Crippen LogP contribution in [0.2, 0.25) is 0 Å². The zero-order chi connectivity index (χ0) is 24.6. The first-order chi connectivity index (χ1) is 16.9. The number of rotatable bonds is 9. The number of aliphatic carboxylic acids is 1. The van der Waals surface area contributed by atoms with Crippen molar-refractivity contribution < 1.29 is 23.1 Å². The summed E-state index contributed by atoms with van der Waals surface area (Å²) in [6.45, 7) is 0.431. The summed E-state index contributed by atoms with van der Waals surface area (Å²) in [6, 6.07) is 16.4. The molecule has 1 fully saturated rings. The summed E-state index contributed by atoms with van der Waals surface area (Å²) >= 11 is 0. The van der Waals surface area contributed by atoms with Crippen LogP contribution in [0, 0.1) is 0 Å². The second kappa shape index (κ2) is 9.16. The van der Waals surface area contributed by atoms with Crippen molar-refractivity contribution in [3.63, 3.8) is 0 Å². The molecule has 35 heavy (non-hydrogen) atoms. The van der Waals surface area contributed by atoms with Crippen LogP contribution in [0.25, 0.3) is 22.0 Å². The van der Waals surface area contributed by atoms with E-state index in [-0.39, 0.29) is 24.8 Å². The summed E-state index contributed by atoms with van der Waals surface area (Å²) in [5, 5.41) is 9.66. The maximum atomic E-state index is 13.1. The third-order valence-corrected chi connectivity index (χ3v) is 8.28. The molecular formula is C26H25N3O5S. The number of carboxylic acid groups (broad SMARTS) is 1. The molecule has 0 radical (unpaired) electrons. The van der Waals surface area contributed by atoms with E-state index in [0.717, 1.165) is 27.8 Å². The predicted octanol–water partition coefficient (Wildman–Crippen LogP) is 3.71. The predicted molar refractivity (Wildman–Crippen MR) is 133 cm³/mol. The molecule has 5 rings (SSSR count). The number of hydrogen-bond acceptors (Lipinski definition) is 6. The van der Waals surface area contributed by atoms with Crippen molar-refractivity contribution in [2.45, 2.75) is 37.7 Å². The summed E-state index contributed by atoms with van der Waals surface area (Å²) in [7, 11) is -3.49. The van der Waals surface area contributed by atoms with E-state index in [1.807, 2.05) is 30.3 Å². The van der Waals surface area contributed by atoms with Crippen molar-refractivity contribution in [1.29, 1.82) is 0 Å². The van der Waals surface area contributed by atoms with E-state index in [4.69, 9.17) is 10.5 Å². The number of nitrogens with two attached hydrogens (primary N) is 1. The normalized spacial score (nSPS) is 13.7. The Bertz CT molecular complexity index is 1520. The second-order valence-electron chi connectivity index (χ2n) is 8.64. The molecule has 4 aromatic rings. The van der Waals surface area contributed by atoms with Crippen molar-refractivity contribution >= 4 is 26.9 Å². The lowest BCUT2D eigenvalue weighted by molar-refractivity contribution is -0.136. The van der Waals surface area contributed by atoms with Gasteiger partial charge < -0.3 is 15.6 Å². The Morgan fingerprint density at radius 3 is 2.69 bits per heavy atom. The number of carboxylic acids is 1. The quantitative estimate of drug-likeness (QED) is 0.366. The first-order valence-corrected chi connectivity index (χ1v) is 12.8. The van der Waals surface area contributed by atoms with E-state index in [1.165, 1.54) is 3.97 Å². The summed E-state index contributed by atoms with van der Waals surface area (Å²) < 4.78 is 33.6. The zero-order valence-electron chi connectivity index (χ0n) is 18.9. The van der Waals surface area contributed by atoms with Crippen molar-refractivity contribution in [1.82, 2.24) is 8.96 Å². The minimum atomic E-state index is -3.49. The lowest BCUT2D eigenvalue weighted by atomic mass is 9.99. The molecule has 2 heterocycles. The molecule has 8 nitrogen and oxygen atoms in total. The molecule has 0 bridgehead atoms. The van der Waals surface area contributed by atoms with Crippen LogP contribution >= 0.6 is 0 Å². The number of nitrogens with zero attached hydrogens (tertiary/aromatic N) is 2. The Hall–Kier alpha value is -3.69. The average molecular weight is 492 g/mol. The highest BCUT2D eigenvalue weighted by Gasteiger charge is 2.37. The lowest BCUT2D eigenvalue weighted by Crippen LogP contribution is -2.16. The van der Waals surface area contributed by atoms with Crippen LogP contribution in [0.15, 0.2) is 67.0 Å². The Kier molecular flexibility index (Phi) is 6.04. The van der Waals surface area contributed by atoms with Crippen molar-refractivity contribution in [2.75, 3.05) is 0 Å². The van der Waals surface area contributed by atoms with Gasteiger partial charge in [0.2, 0.25) is 10.0 Å². The summed E-state index contributed by atoms with van der Waals surface area (Å²) in [5.41, 5.74) is 10.2. The van der Waals surface area contributed by atoms with Gasteiger partial charge in [0.1, 0.15) is 12.4 Å². The van der Waals surface area contributed by atoms with Crippen LogP contribution in [-0.4, -0.2) is 33.7 Å². The van der Waals surface area contributed by atoms with E-state index in [1.54, 1.807) is 36.7 Å². The molecule has 2 aromatic heterocycles. The molecular weight excluding hydrogens is 466 g/mol. The molecule has 180 valence electrons. The van der Waals surface area contributed by atoms with Crippen LogP contribution in [0.5, 0.6) is 5.75 Å². The molecule has 0 atom stereocenters. The number of fused-ring (bicyclic) bond motifs is 1. The fraction of sp³-hybridized carbons (Fsp3) is 0.231. The van der Waals surface area contributed by atoms with Gasteiger partial charge in [0.15, 0.2) is 0 Å². The zero-order valence-corrected chi connectivity index (χ0v) is 19.7. The van der Waals surface area contributed by atoms with Crippen LogP contribution < -0.4 is 10.5 Å². The highest BCUT2D eigenvalue weighted by molar-refractivity contribution is 7.91. The Morgan fingerprint density at radius 1 is 1.14 bits per heavy atom. The Balaban J connectivity index is 1.59. The number of carbonyl (C=O) groups is 1. The fourth-order valence-electron chi connectivity index (χ4n) is 4.22. The molecule has 9 heteroatoms. The number of hydrogen-bond donors (Lipinski definition) is 2.